The van der Waals surface area contributed by atoms with E-state index in [-0.39, 0.29) is 16.9 Å². The number of anilines is 1. The summed E-state index contributed by atoms with van der Waals surface area (Å²) >= 11 is 5.74. The molecule has 0 radical (unpaired) electrons. The van der Waals surface area contributed by atoms with Crippen molar-refractivity contribution < 1.29 is 9.23 Å². The Morgan fingerprint density at radius 3 is 2.62 bits per heavy atom. The van der Waals surface area contributed by atoms with Gasteiger partial charge in [-0.3, -0.25) is 0 Å². The van der Waals surface area contributed by atoms with Gasteiger partial charge in [-0.25, -0.2) is 10.3 Å². The highest BCUT2D eigenvalue weighted by atomic mass is 35.5. The third kappa shape index (κ3) is 2.45. The number of hydrogen-bond donors (Lipinski definition) is 1. The smallest absolute Gasteiger partial charge is 0.141 e. The summed E-state index contributed by atoms with van der Waals surface area (Å²) < 4.78 is 13.0. The van der Waals surface area contributed by atoms with Crippen LogP contribution in [0.2, 0.25) is 5.02 Å². The summed E-state index contributed by atoms with van der Waals surface area (Å²) in [7, 11) is 0. The zero-order valence-corrected chi connectivity index (χ0v) is 9.58. The zero-order chi connectivity index (χ0) is 11.5. The molecule has 0 unspecified atom stereocenters. The highest BCUT2D eigenvalue weighted by Gasteiger charge is 2.19. The molecule has 0 bridgehead atoms. The van der Waals surface area contributed by atoms with Gasteiger partial charge in [0.15, 0.2) is 0 Å². The Labute approximate surface area is 98.9 Å². The van der Waals surface area contributed by atoms with E-state index in [4.69, 9.17) is 22.3 Å². The normalized spacial score (nSPS) is 17.8. The maximum absolute atomic E-state index is 13.0. The SMILES string of the molecule is NOC1CCN(c2ccc(F)c(Cl)c2)CC1. The largest absolute Gasteiger partial charge is 0.371 e. The average molecular weight is 245 g/mol. The van der Waals surface area contributed by atoms with Crippen LogP contribution in [0.1, 0.15) is 12.8 Å². The molecule has 0 spiro atoms. The molecule has 0 aliphatic carbocycles. The quantitative estimate of drug-likeness (QED) is 0.812. The van der Waals surface area contributed by atoms with E-state index in [9.17, 15) is 4.39 Å². The van der Waals surface area contributed by atoms with E-state index in [1.165, 1.54) is 6.07 Å². The average Bonchev–Trinajstić information content (AvgIpc) is 2.33. The first-order valence-corrected chi connectivity index (χ1v) is 5.64. The molecule has 0 aromatic heterocycles. The Balaban J connectivity index is 2.05. The van der Waals surface area contributed by atoms with Crippen LogP contribution in [-0.4, -0.2) is 19.2 Å². The van der Waals surface area contributed by atoms with E-state index >= 15 is 0 Å². The summed E-state index contributed by atoms with van der Waals surface area (Å²) in [6.07, 6.45) is 1.89. The van der Waals surface area contributed by atoms with Crippen molar-refractivity contribution in [2.75, 3.05) is 18.0 Å². The van der Waals surface area contributed by atoms with Gasteiger partial charge in [-0.1, -0.05) is 11.6 Å². The Bertz CT molecular complexity index is 367. The molecule has 1 saturated heterocycles. The number of nitrogens with zero attached hydrogens (tertiary/aromatic N) is 1. The van der Waals surface area contributed by atoms with Crippen molar-refractivity contribution in [3.05, 3.63) is 29.0 Å². The van der Waals surface area contributed by atoms with Crippen molar-refractivity contribution in [2.24, 2.45) is 5.90 Å². The molecule has 1 heterocycles. The number of nitrogens with two attached hydrogens (primary N) is 1. The van der Waals surface area contributed by atoms with E-state index in [2.05, 4.69) is 4.90 Å². The van der Waals surface area contributed by atoms with Crippen LogP contribution in [0.3, 0.4) is 0 Å². The van der Waals surface area contributed by atoms with Crippen molar-refractivity contribution in [3.63, 3.8) is 0 Å². The molecular weight excluding hydrogens is 231 g/mol. The fourth-order valence-corrected chi connectivity index (χ4v) is 2.11. The Kier molecular flexibility index (Phi) is 3.63. The fraction of sp³-hybridized carbons (Fsp3) is 0.455. The molecule has 0 saturated carbocycles. The van der Waals surface area contributed by atoms with Crippen LogP contribution in [-0.2, 0) is 4.84 Å². The second-order valence-electron chi connectivity index (χ2n) is 3.92. The van der Waals surface area contributed by atoms with Gasteiger partial charge in [-0.2, -0.15) is 0 Å². The zero-order valence-electron chi connectivity index (χ0n) is 8.83. The van der Waals surface area contributed by atoms with Crippen LogP contribution in [0.5, 0.6) is 0 Å². The third-order valence-electron chi connectivity index (χ3n) is 2.90. The molecule has 0 amide bonds. The Morgan fingerprint density at radius 1 is 1.38 bits per heavy atom. The van der Waals surface area contributed by atoms with E-state index in [1.54, 1.807) is 12.1 Å². The van der Waals surface area contributed by atoms with Crippen molar-refractivity contribution in [2.45, 2.75) is 18.9 Å². The van der Waals surface area contributed by atoms with Crippen molar-refractivity contribution in [1.82, 2.24) is 0 Å². The lowest BCUT2D eigenvalue weighted by Crippen LogP contribution is -2.38. The topological polar surface area (TPSA) is 38.5 Å². The van der Waals surface area contributed by atoms with Crippen molar-refractivity contribution in [3.8, 4) is 0 Å². The van der Waals surface area contributed by atoms with Crippen LogP contribution in [0.25, 0.3) is 0 Å². The summed E-state index contributed by atoms with van der Waals surface area (Å²) in [6, 6.07) is 4.79. The summed E-state index contributed by atoms with van der Waals surface area (Å²) in [5, 5.41) is 0.162. The van der Waals surface area contributed by atoms with E-state index in [0.29, 0.717) is 0 Å². The molecule has 0 atom stereocenters. The Morgan fingerprint density at radius 2 is 2.06 bits per heavy atom. The van der Waals surface area contributed by atoms with Gasteiger partial charge in [-0.05, 0) is 31.0 Å². The lowest BCUT2D eigenvalue weighted by molar-refractivity contribution is 0.0367. The maximum Gasteiger partial charge on any atom is 0.141 e. The van der Waals surface area contributed by atoms with Gasteiger partial charge in [0.05, 0.1) is 11.1 Å². The van der Waals surface area contributed by atoms with Gasteiger partial charge in [0.2, 0.25) is 0 Å². The molecule has 1 aromatic rings. The molecule has 1 aromatic carbocycles. The maximum atomic E-state index is 13.0. The first-order chi connectivity index (χ1) is 7.70. The van der Waals surface area contributed by atoms with Gasteiger partial charge in [0, 0.05) is 18.8 Å². The molecule has 16 heavy (non-hydrogen) atoms. The third-order valence-corrected chi connectivity index (χ3v) is 3.19. The monoisotopic (exact) mass is 244 g/mol. The minimum absolute atomic E-state index is 0.132. The number of piperidine rings is 1. The fourth-order valence-electron chi connectivity index (χ4n) is 1.93. The molecule has 1 fully saturated rings. The van der Waals surface area contributed by atoms with E-state index in [1.807, 2.05) is 0 Å². The van der Waals surface area contributed by atoms with Crippen LogP contribution in [0, 0.1) is 5.82 Å². The summed E-state index contributed by atoms with van der Waals surface area (Å²) in [4.78, 5) is 6.96. The second kappa shape index (κ2) is 4.99. The van der Waals surface area contributed by atoms with E-state index in [0.717, 1.165) is 31.6 Å². The highest BCUT2D eigenvalue weighted by molar-refractivity contribution is 6.31. The van der Waals surface area contributed by atoms with Gasteiger partial charge in [-0.15, -0.1) is 0 Å². The summed E-state index contributed by atoms with van der Waals surface area (Å²) in [5.74, 6) is 4.76. The predicted octanol–water partition coefficient (Wildman–Crippen LogP) is 2.34. The first-order valence-electron chi connectivity index (χ1n) is 5.26. The number of hydrogen-bond acceptors (Lipinski definition) is 3. The van der Waals surface area contributed by atoms with Crippen LogP contribution >= 0.6 is 11.6 Å². The minimum Gasteiger partial charge on any atom is -0.371 e. The molecule has 1 aliphatic heterocycles. The van der Waals surface area contributed by atoms with Gasteiger partial charge in [0.25, 0.3) is 0 Å². The molecular formula is C11H14ClFN2O. The second-order valence-corrected chi connectivity index (χ2v) is 4.33. The highest BCUT2D eigenvalue weighted by Crippen LogP contribution is 2.25. The summed E-state index contributed by atoms with van der Waals surface area (Å²) in [6.45, 7) is 1.70. The Hall–Kier alpha value is -0.840. The van der Waals surface area contributed by atoms with E-state index < -0.39 is 0 Å². The minimum atomic E-state index is -0.384. The molecule has 3 nitrogen and oxygen atoms in total. The van der Waals surface area contributed by atoms with Gasteiger partial charge >= 0.3 is 0 Å². The predicted molar refractivity (Wildman–Crippen MR) is 61.9 cm³/mol. The number of benzene rings is 1. The van der Waals surface area contributed by atoms with Crippen LogP contribution in [0.4, 0.5) is 10.1 Å². The van der Waals surface area contributed by atoms with Gasteiger partial charge < -0.3 is 9.74 Å². The summed E-state index contributed by atoms with van der Waals surface area (Å²) in [5.41, 5.74) is 0.946. The molecule has 1 aliphatic rings. The van der Waals surface area contributed by atoms with Crippen molar-refractivity contribution in [1.29, 1.82) is 0 Å². The van der Waals surface area contributed by atoms with Crippen LogP contribution in [0.15, 0.2) is 18.2 Å². The first kappa shape index (κ1) is 11.6. The number of rotatable bonds is 2. The molecule has 5 heteroatoms. The standard InChI is InChI=1S/C11H14ClFN2O/c12-10-7-8(1-2-11(10)13)15-5-3-9(16-14)4-6-15/h1-2,7,9H,3-6,14H2. The number of halogens is 2. The lowest BCUT2D eigenvalue weighted by atomic mass is 10.1. The van der Waals surface area contributed by atoms with Gasteiger partial charge in [0.1, 0.15) is 5.82 Å². The van der Waals surface area contributed by atoms with Crippen LogP contribution < -0.4 is 10.8 Å². The lowest BCUT2D eigenvalue weighted by Gasteiger charge is -2.32. The van der Waals surface area contributed by atoms with Crippen molar-refractivity contribution >= 4 is 17.3 Å². The molecule has 88 valence electrons. The molecule has 2 rings (SSSR count). The molecule has 2 N–H and O–H groups in total.